The van der Waals surface area contributed by atoms with Crippen molar-refractivity contribution >= 4 is 17.3 Å². The average Bonchev–Trinajstić information content (AvgIpc) is 2.95. The number of carbonyl (C=O) groups excluding carboxylic acids is 1. The number of ketones is 1. The van der Waals surface area contributed by atoms with Gasteiger partial charge in [-0.25, -0.2) is 4.98 Å². The Bertz CT molecular complexity index is 579. The van der Waals surface area contributed by atoms with E-state index in [0.717, 1.165) is 18.1 Å². The van der Waals surface area contributed by atoms with E-state index in [-0.39, 0.29) is 11.2 Å². The predicted molar refractivity (Wildman–Crippen MR) is 74.5 cm³/mol. The lowest BCUT2D eigenvalue weighted by Crippen LogP contribution is -2.18. The summed E-state index contributed by atoms with van der Waals surface area (Å²) in [6.07, 6.45) is 3.91. The molecule has 0 N–H and O–H groups in total. The first-order valence-electron chi connectivity index (χ1n) is 6.29. The van der Waals surface area contributed by atoms with Crippen molar-refractivity contribution in [3.8, 4) is 0 Å². The van der Waals surface area contributed by atoms with Gasteiger partial charge in [0, 0.05) is 24.4 Å². The van der Waals surface area contributed by atoms with Gasteiger partial charge in [-0.1, -0.05) is 25.3 Å². The van der Waals surface area contributed by atoms with Crippen molar-refractivity contribution < 1.29 is 4.79 Å². The first-order valence-corrected chi connectivity index (χ1v) is 7.07. The van der Waals surface area contributed by atoms with Gasteiger partial charge in [0.05, 0.1) is 12.1 Å². The third kappa shape index (κ3) is 2.89. The van der Waals surface area contributed by atoms with Crippen LogP contribution >= 0.6 is 11.5 Å². The van der Waals surface area contributed by atoms with Gasteiger partial charge in [-0.15, -0.1) is 5.10 Å². The standard InChI is InChI=1S/C13H18N4OS/c1-5-17-7-6-14-10(17)8-9(18)11-12(13(2,3)4)15-16-19-11/h6-7H,5,8H2,1-4H3. The number of aryl methyl sites for hydroxylation is 1. The minimum atomic E-state index is -0.168. The smallest absolute Gasteiger partial charge is 0.183 e. The van der Waals surface area contributed by atoms with E-state index >= 15 is 0 Å². The van der Waals surface area contributed by atoms with Gasteiger partial charge in [0.25, 0.3) is 0 Å². The lowest BCUT2D eigenvalue weighted by molar-refractivity contribution is 0.0991. The van der Waals surface area contributed by atoms with E-state index in [0.29, 0.717) is 11.3 Å². The molecule has 0 fully saturated rings. The summed E-state index contributed by atoms with van der Waals surface area (Å²) >= 11 is 1.17. The Hall–Kier alpha value is -1.56. The second-order valence-electron chi connectivity index (χ2n) is 5.43. The van der Waals surface area contributed by atoms with Crippen LogP contribution < -0.4 is 0 Å². The van der Waals surface area contributed by atoms with E-state index in [4.69, 9.17) is 0 Å². The van der Waals surface area contributed by atoms with Crippen LogP contribution in [0.15, 0.2) is 12.4 Å². The molecular formula is C13H18N4OS. The molecule has 0 radical (unpaired) electrons. The van der Waals surface area contributed by atoms with Crippen LogP contribution in [0.5, 0.6) is 0 Å². The average molecular weight is 278 g/mol. The Labute approximate surface area is 116 Å². The summed E-state index contributed by atoms with van der Waals surface area (Å²) in [5.74, 6) is 0.835. The zero-order valence-corrected chi connectivity index (χ0v) is 12.5. The summed E-state index contributed by atoms with van der Waals surface area (Å²) in [5.41, 5.74) is 0.607. The normalized spacial score (nSPS) is 11.8. The molecule has 0 bridgehead atoms. The van der Waals surface area contributed by atoms with Crippen LogP contribution in [-0.2, 0) is 18.4 Å². The van der Waals surface area contributed by atoms with Gasteiger partial charge < -0.3 is 4.57 Å². The molecule has 2 aromatic rings. The quantitative estimate of drug-likeness (QED) is 0.806. The van der Waals surface area contributed by atoms with Crippen LogP contribution in [0.4, 0.5) is 0 Å². The van der Waals surface area contributed by atoms with Crippen LogP contribution in [0.2, 0.25) is 0 Å². The van der Waals surface area contributed by atoms with E-state index in [1.165, 1.54) is 11.5 Å². The van der Waals surface area contributed by atoms with E-state index in [9.17, 15) is 4.79 Å². The highest BCUT2D eigenvalue weighted by atomic mass is 32.1. The zero-order chi connectivity index (χ0) is 14.0. The van der Waals surface area contributed by atoms with E-state index < -0.39 is 0 Å². The highest BCUT2D eigenvalue weighted by molar-refractivity contribution is 7.08. The molecule has 6 heteroatoms. The summed E-state index contributed by atoms with van der Waals surface area (Å²) in [7, 11) is 0. The Morgan fingerprint density at radius 2 is 2.16 bits per heavy atom. The number of aromatic nitrogens is 4. The molecule has 0 aromatic carbocycles. The maximum absolute atomic E-state index is 12.4. The van der Waals surface area contributed by atoms with Crippen LogP contribution in [0, 0.1) is 0 Å². The van der Waals surface area contributed by atoms with Crippen LogP contribution in [0.3, 0.4) is 0 Å². The van der Waals surface area contributed by atoms with Crippen molar-refractivity contribution in [2.45, 2.75) is 46.1 Å². The topological polar surface area (TPSA) is 60.7 Å². The molecule has 2 rings (SSSR count). The van der Waals surface area contributed by atoms with Gasteiger partial charge in [0.15, 0.2) is 5.78 Å². The molecule has 102 valence electrons. The van der Waals surface area contributed by atoms with E-state index in [1.807, 2.05) is 38.5 Å². The molecular weight excluding hydrogens is 260 g/mol. The molecule has 19 heavy (non-hydrogen) atoms. The van der Waals surface area contributed by atoms with Gasteiger partial charge in [0.1, 0.15) is 10.7 Å². The molecule has 0 aliphatic carbocycles. The molecule has 0 amide bonds. The molecule has 0 aliphatic rings. The highest BCUT2D eigenvalue weighted by Gasteiger charge is 2.26. The van der Waals surface area contributed by atoms with Gasteiger partial charge in [-0.2, -0.15) is 0 Å². The van der Waals surface area contributed by atoms with Crippen LogP contribution in [-0.4, -0.2) is 24.9 Å². The zero-order valence-electron chi connectivity index (χ0n) is 11.7. The van der Waals surface area contributed by atoms with E-state index in [1.54, 1.807) is 6.20 Å². The van der Waals surface area contributed by atoms with Gasteiger partial charge in [-0.3, -0.25) is 4.79 Å². The number of rotatable bonds is 4. The van der Waals surface area contributed by atoms with Crippen LogP contribution in [0.1, 0.15) is 48.9 Å². The number of imidazole rings is 1. The van der Waals surface area contributed by atoms with Crippen LogP contribution in [0.25, 0.3) is 0 Å². The summed E-state index contributed by atoms with van der Waals surface area (Å²) in [5, 5.41) is 4.10. The minimum Gasteiger partial charge on any atom is -0.335 e. The Balaban J connectivity index is 2.24. The van der Waals surface area contributed by atoms with Gasteiger partial charge >= 0.3 is 0 Å². The number of carbonyl (C=O) groups is 1. The second kappa shape index (κ2) is 5.21. The van der Waals surface area contributed by atoms with Crippen molar-refractivity contribution in [2.75, 3.05) is 0 Å². The number of nitrogens with zero attached hydrogens (tertiary/aromatic N) is 4. The first-order chi connectivity index (χ1) is 8.93. The monoisotopic (exact) mass is 278 g/mol. The van der Waals surface area contributed by atoms with Gasteiger partial charge in [-0.05, 0) is 18.5 Å². The summed E-state index contributed by atoms with van der Waals surface area (Å²) in [4.78, 5) is 17.3. The fraction of sp³-hybridized carbons (Fsp3) is 0.538. The van der Waals surface area contributed by atoms with E-state index in [2.05, 4.69) is 14.6 Å². The largest absolute Gasteiger partial charge is 0.335 e. The molecule has 0 spiro atoms. The third-order valence-electron chi connectivity index (χ3n) is 2.91. The Kier molecular flexibility index (Phi) is 3.80. The first kappa shape index (κ1) is 13.9. The molecule has 2 heterocycles. The SMILES string of the molecule is CCn1ccnc1CC(=O)c1snnc1C(C)(C)C. The van der Waals surface area contributed by atoms with Gasteiger partial charge in [0.2, 0.25) is 0 Å². The minimum absolute atomic E-state index is 0.0424. The molecule has 0 saturated carbocycles. The predicted octanol–water partition coefficient (Wildman–Crippen LogP) is 2.48. The van der Waals surface area contributed by atoms with Crippen molar-refractivity contribution in [3.63, 3.8) is 0 Å². The summed E-state index contributed by atoms with van der Waals surface area (Å²) in [6, 6.07) is 0. The third-order valence-corrected chi connectivity index (χ3v) is 3.68. The maximum atomic E-state index is 12.4. The Morgan fingerprint density at radius 1 is 1.42 bits per heavy atom. The fourth-order valence-electron chi connectivity index (χ4n) is 1.88. The van der Waals surface area contributed by atoms with Crippen molar-refractivity contribution in [1.82, 2.24) is 19.1 Å². The molecule has 0 unspecified atom stereocenters. The number of Topliss-reactive ketones (excluding diaryl/α,β-unsaturated/α-hetero) is 1. The lowest BCUT2D eigenvalue weighted by atomic mass is 9.90. The van der Waals surface area contributed by atoms with Crippen molar-refractivity contribution in [3.05, 3.63) is 28.8 Å². The fourth-order valence-corrected chi connectivity index (χ4v) is 2.69. The second-order valence-corrected chi connectivity index (χ2v) is 6.18. The number of hydrogen-bond acceptors (Lipinski definition) is 5. The lowest BCUT2D eigenvalue weighted by Gasteiger charge is -2.15. The molecule has 0 atom stereocenters. The number of hydrogen-bond donors (Lipinski definition) is 0. The van der Waals surface area contributed by atoms with Crippen molar-refractivity contribution in [2.24, 2.45) is 0 Å². The summed E-state index contributed by atoms with van der Waals surface area (Å²) < 4.78 is 5.90. The molecule has 2 aromatic heterocycles. The highest BCUT2D eigenvalue weighted by Crippen LogP contribution is 2.26. The summed E-state index contributed by atoms with van der Waals surface area (Å²) in [6.45, 7) is 8.95. The molecule has 0 saturated heterocycles. The molecule has 0 aliphatic heterocycles. The maximum Gasteiger partial charge on any atom is 0.183 e. The van der Waals surface area contributed by atoms with Crippen molar-refractivity contribution in [1.29, 1.82) is 0 Å². The Morgan fingerprint density at radius 3 is 2.79 bits per heavy atom. The molecule has 5 nitrogen and oxygen atoms in total.